The van der Waals surface area contributed by atoms with E-state index < -0.39 is 0 Å². The number of nitrogen functional groups attached to an aromatic ring is 1. The third-order valence-electron chi connectivity index (χ3n) is 2.52. The highest BCUT2D eigenvalue weighted by molar-refractivity contribution is 7.99. The lowest BCUT2D eigenvalue weighted by Crippen LogP contribution is -2.05. The molecular weight excluding hydrogens is 226 g/mol. The van der Waals surface area contributed by atoms with E-state index in [1.807, 2.05) is 30.0 Å². The number of rotatable bonds is 4. The van der Waals surface area contributed by atoms with Gasteiger partial charge < -0.3 is 5.73 Å². The molecule has 0 aliphatic carbocycles. The van der Waals surface area contributed by atoms with E-state index in [4.69, 9.17) is 17.3 Å². The van der Waals surface area contributed by atoms with Crippen molar-refractivity contribution in [3.8, 4) is 0 Å². The number of thioether (sulfide) groups is 1. The summed E-state index contributed by atoms with van der Waals surface area (Å²) in [5.74, 6) is 1.65. The van der Waals surface area contributed by atoms with Crippen LogP contribution < -0.4 is 5.73 Å². The van der Waals surface area contributed by atoms with Crippen molar-refractivity contribution in [3.05, 3.63) is 28.8 Å². The third-order valence-corrected chi connectivity index (χ3v) is 4.42. The van der Waals surface area contributed by atoms with Crippen LogP contribution >= 0.6 is 23.4 Å². The average molecular weight is 244 g/mol. The maximum atomic E-state index is 6.10. The maximum Gasteiger partial charge on any atom is 0.0466 e. The van der Waals surface area contributed by atoms with Crippen LogP contribution in [-0.4, -0.2) is 5.25 Å². The molecule has 0 saturated carbocycles. The van der Waals surface area contributed by atoms with Gasteiger partial charge >= 0.3 is 0 Å². The predicted octanol–water partition coefficient (Wildman–Crippen LogP) is 4.20. The molecule has 1 aromatic rings. The van der Waals surface area contributed by atoms with E-state index >= 15 is 0 Å². The summed E-state index contributed by atoms with van der Waals surface area (Å²) in [4.78, 5) is 0. The summed E-state index contributed by atoms with van der Waals surface area (Å²) in [5, 5.41) is 1.43. The standard InChI is InChI=1S/C12H18ClNS/c1-8(2)9(3)15-7-10-4-5-11(14)6-12(10)13/h4-6,8-9H,7,14H2,1-3H3. The zero-order valence-electron chi connectivity index (χ0n) is 9.46. The molecule has 1 aromatic carbocycles. The molecule has 1 atom stereocenters. The van der Waals surface area contributed by atoms with Gasteiger partial charge in [0, 0.05) is 21.7 Å². The zero-order chi connectivity index (χ0) is 11.4. The highest BCUT2D eigenvalue weighted by Crippen LogP contribution is 2.27. The van der Waals surface area contributed by atoms with Crippen molar-refractivity contribution in [2.24, 2.45) is 5.92 Å². The van der Waals surface area contributed by atoms with E-state index in [1.54, 1.807) is 0 Å². The molecule has 2 N–H and O–H groups in total. The molecular formula is C12H18ClNS. The van der Waals surface area contributed by atoms with Gasteiger partial charge in [-0.1, -0.05) is 38.4 Å². The fraction of sp³-hybridized carbons (Fsp3) is 0.500. The summed E-state index contributed by atoms with van der Waals surface area (Å²) in [6, 6.07) is 5.73. The zero-order valence-corrected chi connectivity index (χ0v) is 11.0. The number of benzene rings is 1. The van der Waals surface area contributed by atoms with Gasteiger partial charge in [-0.3, -0.25) is 0 Å². The van der Waals surface area contributed by atoms with E-state index in [0.29, 0.717) is 11.2 Å². The number of halogens is 1. The highest BCUT2D eigenvalue weighted by Gasteiger charge is 2.09. The fourth-order valence-electron chi connectivity index (χ4n) is 1.09. The van der Waals surface area contributed by atoms with Gasteiger partial charge in [0.1, 0.15) is 0 Å². The van der Waals surface area contributed by atoms with Crippen LogP contribution in [0.25, 0.3) is 0 Å². The molecule has 84 valence electrons. The number of anilines is 1. The summed E-state index contributed by atoms with van der Waals surface area (Å²) < 4.78 is 0. The Kier molecular flexibility index (Phi) is 4.81. The summed E-state index contributed by atoms with van der Waals surface area (Å²) in [5.41, 5.74) is 7.54. The second-order valence-corrected chi connectivity index (χ2v) is 5.88. The summed E-state index contributed by atoms with van der Waals surface area (Å²) in [7, 11) is 0. The smallest absolute Gasteiger partial charge is 0.0466 e. The second-order valence-electron chi connectivity index (χ2n) is 4.11. The lowest BCUT2D eigenvalue weighted by molar-refractivity contribution is 0.642. The SMILES string of the molecule is CC(C)C(C)SCc1ccc(N)cc1Cl. The molecule has 0 aliphatic heterocycles. The number of hydrogen-bond acceptors (Lipinski definition) is 2. The second kappa shape index (κ2) is 5.66. The van der Waals surface area contributed by atoms with Crippen LogP contribution in [0.2, 0.25) is 5.02 Å². The molecule has 0 radical (unpaired) electrons. The van der Waals surface area contributed by atoms with Crippen molar-refractivity contribution >= 4 is 29.1 Å². The van der Waals surface area contributed by atoms with Crippen molar-refractivity contribution in [3.63, 3.8) is 0 Å². The van der Waals surface area contributed by atoms with Crippen LogP contribution in [0.1, 0.15) is 26.3 Å². The molecule has 0 fully saturated rings. The van der Waals surface area contributed by atoms with Crippen LogP contribution in [0.3, 0.4) is 0 Å². The molecule has 0 aromatic heterocycles. The summed E-state index contributed by atoms with van der Waals surface area (Å²) in [6.45, 7) is 6.73. The van der Waals surface area contributed by atoms with Crippen molar-refractivity contribution in [1.82, 2.24) is 0 Å². The summed E-state index contributed by atoms with van der Waals surface area (Å²) in [6.07, 6.45) is 0. The number of nitrogens with two attached hydrogens (primary N) is 1. The minimum Gasteiger partial charge on any atom is -0.399 e. The van der Waals surface area contributed by atoms with Crippen LogP contribution in [0.4, 0.5) is 5.69 Å². The van der Waals surface area contributed by atoms with Crippen molar-refractivity contribution in [2.45, 2.75) is 31.8 Å². The van der Waals surface area contributed by atoms with Gasteiger partial charge in [0.25, 0.3) is 0 Å². The number of hydrogen-bond donors (Lipinski definition) is 1. The minimum atomic E-state index is 0.651. The third kappa shape index (κ3) is 3.96. The summed E-state index contributed by atoms with van der Waals surface area (Å²) >= 11 is 8.03. The first kappa shape index (κ1) is 12.7. The predicted molar refractivity (Wildman–Crippen MR) is 71.5 cm³/mol. The lowest BCUT2D eigenvalue weighted by Gasteiger charge is -2.15. The molecule has 0 amide bonds. The first-order valence-corrected chi connectivity index (χ1v) is 6.59. The molecule has 15 heavy (non-hydrogen) atoms. The van der Waals surface area contributed by atoms with Crippen LogP contribution in [0.15, 0.2) is 18.2 Å². The monoisotopic (exact) mass is 243 g/mol. The lowest BCUT2D eigenvalue weighted by atomic mass is 10.2. The van der Waals surface area contributed by atoms with Crippen LogP contribution in [0, 0.1) is 5.92 Å². The molecule has 1 unspecified atom stereocenters. The molecule has 1 rings (SSSR count). The maximum absolute atomic E-state index is 6.10. The van der Waals surface area contributed by atoms with E-state index in [2.05, 4.69) is 20.8 Å². The van der Waals surface area contributed by atoms with Crippen molar-refractivity contribution in [2.75, 3.05) is 5.73 Å². The van der Waals surface area contributed by atoms with E-state index in [1.165, 1.54) is 5.56 Å². The Morgan fingerprint density at radius 3 is 2.53 bits per heavy atom. The average Bonchev–Trinajstić information content (AvgIpc) is 2.15. The Labute approximate surface area is 101 Å². The minimum absolute atomic E-state index is 0.651. The first-order chi connectivity index (χ1) is 7.00. The quantitative estimate of drug-likeness (QED) is 0.803. The highest BCUT2D eigenvalue weighted by atomic mass is 35.5. The largest absolute Gasteiger partial charge is 0.399 e. The van der Waals surface area contributed by atoms with Gasteiger partial charge in [-0.2, -0.15) is 11.8 Å². The Bertz CT molecular complexity index is 325. The van der Waals surface area contributed by atoms with Gasteiger partial charge in [-0.25, -0.2) is 0 Å². The normalized spacial score (nSPS) is 13.1. The molecule has 0 spiro atoms. The Morgan fingerprint density at radius 1 is 1.33 bits per heavy atom. The molecule has 0 bridgehead atoms. The van der Waals surface area contributed by atoms with Gasteiger partial charge in [-0.05, 0) is 23.6 Å². The Hall–Kier alpha value is -0.340. The van der Waals surface area contributed by atoms with E-state index in [9.17, 15) is 0 Å². The van der Waals surface area contributed by atoms with Crippen molar-refractivity contribution in [1.29, 1.82) is 0 Å². The Balaban J connectivity index is 2.58. The first-order valence-electron chi connectivity index (χ1n) is 5.16. The molecule has 0 saturated heterocycles. The molecule has 0 aliphatic rings. The fourth-order valence-corrected chi connectivity index (χ4v) is 2.51. The van der Waals surface area contributed by atoms with Crippen LogP contribution in [-0.2, 0) is 5.75 Å². The molecule has 3 heteroatoms. The molecule has 0 heterocycles. The van der Waals surface area contributed by atoms with Gasteiger partial charge in [-0.15, -0.1) is 0 Å². The van der Waals surface area contributed by atoms with E-state index in [-0.39, 0.29) is 0 Å². The van der Waals surface area contributed by atoms with Gasteiger partial charge in [0.15, 0.2) is 0 Å². The van der Waals surface area contributed by atoms with Crippen LogP contribution in [0.5, 0.6) is 0 Å². The van der Waals surface area contributed by atoms with Crippen molar-refractivity contribution < 1.29 is 0 Å². The van der Waals surface area contributed by atoms with E-state index in [0.717, 1.165) is 16.5 Å². The molecule has 1 nitrogen and oxygen atoms in total. The van der Waals surface area contributed by atoms with Gasteiger partial charge in [0.05, 0.1) is 0 Å². The topological polar surface area (TPSA) is 26.0 Å². The Morgan fingerprint density at radius 2 is 2.00 bits per heavy atom. The van der Waals surface area contributed by atoms with Gasteiger partial charge in [0.2, 0.25) is 0 Å².